The molecule has 0 amide bonds. The molecule has 0 aliphatic carbocycles. The first-order chi connectivity index (χ1) is 12.0. The lowest BCUT2D eigenvalue weighted by Gasteiger charge is -2.10. The number of hydrogen-bond donors (Lipinski definition) is 3. The number of halogens is 1. The van der Waals surface area contributed by atoms with Gasteiger partial charge in [-0.3, -0.25) is 0 Å². The molecule has 0 saturated heterocycles. The lowest BCUT2D eigenvalue weighted by atomic mass is 10.1. The van der Waals surface area contributed by atoms with Crippen molar-refractivity contribution in [1.82, 2.24) is 15.0 Å². The molecule has 0 aliphatic heterocycles. The Balaban J connectivity index is 1.70. The zero-order valence-electron chi connectivity index (χ0n) is 13.2. The van der Waals surface area contributed by atoms with Gasteiger partial charge in [0.2, 0.25) is 11.9 Å². The van der Waals surface area contributed by atoms with E-state index in [2.05, 4.69) is 15.0 Å². The van der Waals surface area contributed by atoms with Gasteiger partial charge in [0, 0.05) is 18.2 Å². The summed E-state index contributed by atoms with van der Waals surface area (Å²) in [5.74, 6) is 0.0625. The van der Waals surface area contributed by atoms with Crippen LogP contribution in [0.25, 0.3) is 0 Å². The van der Waals surface area contributed by atoms with Crippen molar-refractivity contribution < 1.29 is 14.2 Å². The maximum Gasteiger partial charge on any atom is 0.221 e. The maximum absolute atomic E-state index is 13.0. The summed E-state index contributed by atoms with van der Waals surface area (Å²) >= 11 is 0. The van der Waals surface area contributed by atoms with Gasteiger partial charge in [0.05, 0.1) is 5.69 Å². The molecule has 2 heterocycles. The van der Waals surface area contributed by atoms with Crippen molar-refractivity contribution in [2.75, 3.05) is 11.5 Å². The highest BCUT2D eigenvalue weighted by Crippen LogP contribution is 2.29. The summed E-state index contributed by atoms with van der Waals surface area (Å²) in [7, 11) is 0. The lowest BCUT2D eigenvalue weighted by Crippen LogP contribution is -2.04. The fraction of sp³-hybridized carbons (Fsp3) is 0.118. The van der Waals surface area contributed by atoms with Gasteiger partial charge in [-0.1, -0.05) is 12.1 Å². The Labute approximate surface area is 143 Å². The average molecular weight is 341 g/mol. The molecule has 3 aromatic rings. The number of hydrogen-bond acceptors (Lipinski definition) is 7. The van der Waals surface area contributed by atoms with Gasteiger partial charge < -0.3 is 21.3 Å². The number of benzene rings is 1. The number of phenols is 1. The molecule has 128 valence electrons. The van der Waals surface area contributed by atoms with E-state index in [0.29, 0.717) is 23.5 Å². The summed E-state index contributed by atoms with van der Waals surface area (Å²) in [5.41, 5.74) is 13.2. The minimum atomic E-state index is -0.580. The fourth-order valence-electron chi connectivity index (χ4n) is 2.27. The number of rotatable bonds is 5. The van der Waals surface area contributed by atoms with E-state index < -0.39 is 5.95 Å². The van der Waals surface area contributed by atoms with Crippen LogP contribution in [0, 0.1) is 5.95 Å². The molecule has 0 spiro atoms. The molecule has 8 heteroatoms. The van der Waals surface area contributed by atoms with Gasteiger partial charge in [-0.2, -0.15) is 9.37 Å². The average Bonchev–Trinajstić information content (AvgIpc) is 2.57. The van der Waals surface area contributed by atoms with Gasteiger partial charge >= 0.3 is 0 Å². The molecule has 0 saturated carbocycles. The second kappa shape index (κ2) is 7.00. The minimum absolute atomic E-state index is 0.0381. The lowest BCUT2D eigenvalue weighted by molar-refractivity contribution is 0.283. The normalized spacial score (nSPS) is 10.6. The second-order valence-corrected chi connectivity index (χ2v) is 5.36. The molecule has 2 aromatic heterocycles. The molecule has 0 aliphatic rings. The first-order valence-corrected chi connectivity index (χ1v) is 7.44. The maximum atomic E-state index is 13.0. The van der Waals surface area contributed by atoms with Crippen molar-refractivity contribution in [3.05, 3.63) is 65.4 Å². The number of nitrogen functional groups attached to an aromatic ring is 2. The highest BCUT2D eigenvalue weighted by Gasteiger charge is 2.08. The third-order valence-electron chi connectivity index (χ3n) is 3.48. The number of ether oxygens (including phenoxy) is 1. The summed E-state index contributed by atoms with van der Waals surface area (Å²) < 4.78 is 18.5. The number of phenolic OH excluding ortho intramolecular Hbond substituents is 1. The molecule has 7 nitrogen and oxygen atoms in total. The molecule has 0 radical (unpaired) electrons. The zero-order chi connectivity index (χ0) is 17.8. The van der Waals surface area contributed by atoms with Crippen LogP contribution in [-0.4, -0.2) is 20.1 Å². The molecule has 0 fully saturated rings. The standard InChI is InChI=1S/C17H16FN5O2/c18-15-3-1-2-12(22-15)9-25-14-5-4-10(7-13(14)24)6-11-8-21-17(20)23-16(11)19/h1-5,7-8,24H,6,9H2,(H4,19,20,21,23). The number of aromatic hydroxyl groups is 1. The summed E-state index contributed by atoms with van der Waals surface area (Å²) in [4.78, 5) is 11.5. The number of pyridine rings is 1. The van der Waals surface area contributed by atoms with Crippen molar-refractivity contribution in [3.8, 4) is 11.5 Å². The molecule has 0 bridgehead atoms. The van der Waals surface area contributed by atoms with Crippen LogP contribution in [0.15, 0.2) is 42.6 Å². The van der Waals surface area contributed by atoms with Crippen molar-refractivity contribution in [2.45, 2.75) is 13.0 Å². The number of anilines is 2. The van der Waals surface area contributed by atoms with Gasteiger partial charge in [-0.25, -0.2) is 9.97 Å². The first-order valence-electron chi connectivity index (χ1n) is 7.44. The van der Waals surface area contributed by atoms with E-state index in [9.17, 15) is 9.50 Å². The van der Waals surface area contributed by atoms with Crippen LogP contribution < -0.4 is 16.2 Å². The van der Waals surface area contributed by atoms with Gasteiger partial charge in [0.15, 0.2) is 11.5 Å². The van der Waals surface area contributed by atoms with Crippen LogP contribution in [0.4, 0.5) is 16.2 Å². The summed E-state index contributed by atoms with van der Waals surface area (Å²) in [5, 5.41) is 10.1. The van der Waals surface area contributed by atoms with Crippen LogP contribution >= 0.6 is 0 Å². The van der Waals surface area contributed by atoms with E-state index in [1.165, 1.54) is 6.07 Å². The second-order valence-electron chi connectivity index (χ2n) is 5.36. The fourth-order valence-corrected chi connectivity index (χ4v) is 2.27. The minimum Gasteiger partial charge on any atom is -0.504 e. The van der Waals surface area contributed by atoms with Gasteiger partial charge in [0.25, 0.3) is 0 Å². The van der Waals surface area contributed by atoms with Crippen molar-refractivity contribution >= 4 is 11.8 Å². The Kier molecular flexibility index (Phi) is 4.60. The Bertz CT molecular complexity index is 904. The van der Waals surface area contributed by atoms with Crippen molar-refractivity contribution in [3.63, 3.8) is 0 Å². The molecule has 25 heavy (non-hydrogen) atoms. The predicted molar refractivity (Wildman–Crippen MR) is 90.3 cm³/mol. The topological polar surface area (TPSA) is 120 Å². The molecule has 5 N–H and O–H groups in total. The van der Waals surface area contributed by atoms with Crippen LogP contribution in [-0.2, 0) is 13.0 Å². The molecule has 0 atom stereocenters. The largest absolute Gasteiger partial charge is 0.504 e. The molecular formula is C17H16FN5O2. The quantitative estimate of drug-likeness (QED) is 0.607. The summed E-state index contributed by atoms with van der Waals surface area (Å²) in [6, 6.07) is 9.40. The zero-order valence-corrected chi connectivity index (χ0v) is 13.2. The Morgan fingerprint density at radius 3 is 2.68 bits per heavy atom. The third kappa shape index (κ3) is 4.11. The first kappa shape index (κ1) is 16.4. The van der Waals surface area contributed by atoms with E-state index in [1.54, 1.807) is 36.5 Å². The third-order valence-corrected chi connectivity index (χ3v) is 3.48. The SMILES string of the molecule is Nc1ncc(Cc2ccc(OCc3cccc(F)n3)c(O)c2)c(N)n1. The molecular weight excluding hydrogens is 325 g/mol. The van der Waals surface area contributed by atoms with Gasteiger partial charge in [-0.15, -0.1) is 0 Å². The van der Waals surface area contributed by atoms with Gasteiger partial charge in [0.1, 0.15) is 12.4 Å². The van der Waals surface area contributed by atoms with E-state index in [4.69, 9.17) is 16.2 Å². The van der Waals surface area contributed by atoms with Crippen molar-refractivity contribution in [2.24, 2.45) is 0 Å². The van der Waals surface area contributed by atoms with Crippen LogP contribution in [0.1, 0.15) is 16.8 Å². The molecule has 0 unspecified atom stereocenters. The molecule has 1 aromatic carbocycles. The van der Waals surface area contributed by atoms with E-state index in [0.717, 1.165) is 5.56 Å². The Morgan fingerprint density at radius 1 is 1.12 bits per heavy atom. The van der Waals surface area contributed by atoms with E-state index >= 15 is 0 Å². The summed E-state index contributed by atoms with van der Waals surface area (Å²) in [6.45, 7) is 0.0451. The molecule has 3 rings (SSSR count). The highest BCUT2D eigenvalue weighted by molar-refractivity contribution is 5.47. The Hall–Kier alpha value is -3.42. The monoisotopic (exact) mass is 341 g/mol. The number of nitrogens with two attached hydrogens (primary N) is 2. The van der Waals surface area contributed by atoms with Crippen LogP contribution in [0.2, 0.25) is 0 Å². The van der Waals surface area contributed by atoms with E-state index in [1.807, 2.05) is 0 Å². The Morgan fingerprint density at radius 2 is 1.96 bits per heavy atom. The highest BCUT2D eigenvalue weighted by atomic mass is 19.1. The number of nitrogens with zero attached hydrogens (tertiary/aromatic N) is 3. The number of aromatic nitrogens is 3. The summed E-state index contributed by atoms with van der Waals surface area (Å²) in [6.07, 6.45) is 1.99. The van der Waals surface area contributed by atoms with Crippen molar-refractivity contribution in [1.29, 1.82) is 0 Å². The predicted octanol–water partition coefficient (Wildman–Crippen LogP) is 2.05. The van der Waals surface area contributed by atoms with Crippen LogP contribution in [0.3, 0.4) is 0 Å². The van der Waals surface area contributed by atoms with Gasteiger partial charge in [-0.05, 0) is 29.8 Å². The van der Waals surface area contributed by atoms with Crippen LogP contribution in [0.5, 0.6) is 11.5 Å². The van der Waals surface area contributed by atoms with E-state index in [-0.39, 0.29) is 24.1 Å². The smallest absolute Gasteiger partial charge is 0.221 e.